The Balaban J connectivity index is 1.88. The van der Waals surface area contributed by atoms with E-state index in [4.69, 9.17) is 0 Å². The maximum atomic E-state index is 13.1. The van der Waals surface area contributed by atoms with Gasteiger partial charge >= 0.3 is 0 Å². The Morgan fingerprint density at radius 2 is 1.93 bits per heavy atom. The molecule has 2 fully saturated rings. The number of fused-ring (bicyclic) bond motifs is 1. The van der Waals surface area contributed by atoms with Gasteiger partial charge in [0.25, 0.3) is 5.91 Å². The van der Waals surface area contributed by atoms with Crippen molar-refractivity contribution in [3.8, 4) is 0 Å². The number of hydrogen-bond acceptors (Lipinski definition) is 2. The van der Waals surface area contributed by atoms with E-state index in [0.717, 1.165) is 13.1 Å². The lowest BCUT2D eigenvalue weighted by Crippen LogP contribution is -2.32. The molecular weight excluding hydrogens is 183 g/mol. The van der Waals surface area contributed by atoms with Gasteiger partial charge in [0.2, 0.25) is 0 Å². The number of hydrogen-bond donors (Lipinski definition) is 2. The number of carbonyl (C=O) groups excluding carboxylic acids is 1. The molecule has 2 rings (SSSR count). The molecule has 4 heteroatoms. The van der Waals surface area contributed by atoms with E-state index in [-0.39, 0.29) is 6.04 Å². The van der Waals surface area contributed by atoms with Gasteiger partial charge in [0.1, 0.15) is 0 Å². The number of allylic oxidation sites excluding steroid dienone is 1. The van der Waals surface area contributed by atoms with E-state index in [1.165, 1.54) is 0 Å². The Kier molecular flexibility index (Phi) is 2.31. The molecule has 0 aromatic carbocycles. The summed E-state index contributed by atoms with van der Waals surface area (Å²) < 4.78 is 13.1. The van der Waals surface area contributed by atoms with Crippen molar-refractivity contribution >= 4 is 5.91 Å². The molecule has 1 aliphatic carbocycles. The Labute approximate surface area is 82.7 Å². The zero-order valence-corrected chi connectivity index (χ0v) is 8.43. The number of halogens is 1. The van der Waals surface area contributed by atoms with Crippen LogP contribution in [-0.4, -0.2) is 25.0 Å². The Morgan fingerprint density at radius 3 is 2.43 bits per heavy atom. The highest BCUT2D eigenvalue weighted by Crippen LogP contribution is 2.41. The molecule has 2 aliphatic rings. The highest BCUT2D eigenvalue weighted by atomic mass is 19.1. The highest BCUT2D eigenvalue weighted by Gasteiger charge is 2.53. The third kappa shape index (κ3) is 1.54. The lowest BCUT2D eigenvalue weighted by atomic mass is 10.3. The van der Waals surface area contributed by atoms with Crippen molar-refractivity contribution in [2.45, 2.75) is 19.9 Å². The first-order valence-electron chi connectivity index (χ1n) is 4.96. The van der Waals surface area contributed by atoms with Crippen LogP contribution in [0.25, 0.3) is 0 Å². The van der Waals surface area contributed by atoms with Gasteiger partial charge in [-0.3, -0.25) is 4.79 Å². The lowest BCUT2D eigenvalue weighted by molar-refractivity contribution is -0.119. The monoisotopic (exact) mass is 198 g/mol. The maximum Gasteiger partial charge on any atom is 0.280 e. The molecule has 3 nitrogen and oxygen atoms in total. The summed E-state index contributed by atoms with van der Waals surface area (Å²) in [5.41, 5.74) is 0.437. The molecule has 0 aromatic heterocycles. The van der Waals surface area contributed by atoms with Crippen LogP contribution in [0, 0.1) is 11.8 Å². The minimum atomic E-state index is -0.636. The molecule has 1 saturated carbocycles. The summed E-state index contributed by atoms with van der Waals surface area (Å²) in [5.74, 6) is -0.125. The number of nitrogens with one attached hydrogen (secondary N) is 2. The topological polar surface area (TPSA) is 41.1 Å². The molecule has 0 aromatic rings. The summed E-state index contributed by atoms with van der Waals surface area (Å²) in [6.07, 6.45) is 0. The van der Waals surface area contributed by atoms with Crippen LogP contribution in [0.2, 0.25) is 0 Å². The van der Waals surface area contributed by atoms with Crippen LogP contribution in [0.4, 0.5) is 4.39 Å². The van der Waals surface area contributed by atoms with Crippen LogP contribution < -0.4 is 10.6 Å². The summed E-state index contributed by atoms with van der Waals surface area (Å²) >= 11 is 0. The summed E-state index contributed by atoms with van der Waals surface area (Å²) in [4.78, 5) is 11.3. The van der Waals surface area contributed by atoms with E-state index < -0.39 is 11.7 Å². The van der Waals surface area contributed by atoms with Gasteiger partial charge in [0.15, 0.2) is 5.83 Å². The van der Waals surface area contributed by atoms with Crippen molar-refractivity contribution in [1.82, 2.24) is 10.6 Å². The molecule has 1 heterocycles. The molecule has 0 bridgehead atoms. The largest absolute Gasteiger partial charge is 0.347 e. The van der Waals surface area contributed by atoms with Gasteiger partial charge < -0.3 is 10.6 Å². The minimum Gasteiger partial charge on any atom is -0.347 e. The predicted octanol–water partition coefficient (Wildman–Crippen LogP) is 0.584. The molecule has 0 radical (unpaired) electrons. The van der Waals surface area contributed by atoms with Crippen LogP contribution in [0.15, 0.2) is 11.4 Å². The molecule has 2 N–H and O–H groups in total. The molecular formula is C10H15FN2O. The minimum absolute atomic E-state index is 0.203. The van der Waals surface area contributed by atoms with Crippen molar-refractivity contribution < 1.29 is 9.18 Å². The molecule has 1 amide bonds. The highest BCUT2D eigenvalue weighted by molar-refractivity contribution is 5.92. The zero-order valence-electron chi connectivity index (χ0n) is 8.43. The van der Waals surface area contributed by atoms with E-state index in [2.05, 4.69) is 10.6 Å². The lowest BCUT2D eigenvalue weighted by Gasteiger charge is -2.06. The fourth-order valence-corrected chi connectivity index (χ4v) is 2.07. The second-order valence-corrected chi connectivity index (χ2v) is 4.30. The van der Waals surface area contributed by atoms with Crippen molar-refractivity contribution in [3.05, 3.63) is 11.4 Å². The Bertz CT molecular complexity index is 286. The van der Waals surface area contributed by atoms with E-state index in [0.29, 0.717) is 17.4 Å². The summed E-state index contributed by atoms with van der Waals surface area (Å²) in [7, 11) is 0. The Morgan fingerprint density at radius 1 is 1.36 bits per heavy atom. The molecule has 3 atom stereocenters. The number of amides is 1. The van der Waals surface area contributed by atoms with Gasteiger partial charge in [-0.1, -0.05) is 0 Å². The fraction of sp³-hybridized carbons (Fsp3) is 0.700. The third-order valence-corrected chi connectivity index (χ3v) is 3.03. The summed E-state index contributed by atoms with van der Waals surface area (Å²) in [6.45, 7) is 5.10. The second-order valence-electron chi connectivity index (χ2n) is 4.30. The van der Waals surface area contributed by atoms with Crippen molar-refractivity contribution in [3.63, 3.8) is 0 Å². The van der Waals surface area contributed by atoms with Gasteiger partial charge in [-0.15, -0.1) is 0 Å². The van der Waals surface area contributed by atoms with E-state index in [1.807, 2.05) is 0 Å². The first-order valence-corrected chi connectivity index (χ1v) is 4.96. The first kappa shape index (κ1) is 9.65. The quantitative estimate of drug-likeness (QED) is 0.637. The normalized spacial score (nSPS) is 33.5. The van der Waals surface area contributed by atoms with Crippen LogP contribution in [0.1, 0.15) is 13.8 Å². The Hall–Kier alpha value is -0.900. The van der Waals surface area contributed by atoms with Gasteiger partial charge in [0, 0.05) is 19.1 Å². The number of rotatable bonds is 2. The van der Waals surface area contributed by atoms with E-state index in [9.17, 15) is 9.18 Å². The molecule has 1 aliphatic heterocycles. The predicted molar refractivity (Wildman–Crippen MR) is 51.3 cm³/mol. The third-order valence-electron chi connectivity index (χ3n) is 3.03. The second kappa shape index (κ2) is 3.35. The average Bonchev–Trinajstić information content (AvgIpc) is 2.63. The molecule has 0 spiro atoms. The van der Waals surface area contributed by atoms with Gasteiger partial charge in [0.05, 0.1) is 0 Å². The maximum absolute atomic E-state index is 13.1. The van der Waals surface area contributed by atoms with Crippen LogP contribution in [0.5, 0.6) is 0 Å². The SMILES string of the molecule is CC(C)=C(F)C(=O)NC1[C@H]2CNC[C@@H]12. The van der Waals surface area contributed by atoms with Crippen molar-refractivity contribution in [2.75, 3.05) is 13.1 Å². The number of carbonyl (C=O) groups is 1. The standard InChI is InChI=1S/C10H15FN2O/c1-5(2)8(11)10(14)13-9-6-3-12-4-7(6)9/h6-7,9,12H,3-4H2,1-2H3,(H,13,14)/t6-,7+,9?. The van der Waals surface area contributed by atoms with Crippen LogP contribution in [-0.2, 0) is 4.79 Å². The molecule has 78 valence electrons. The summed E-state index contributed by atoms with van der Waals surface area (Å²) in [5, 5.41) is 5.95. The van der Waals surface area contributed by atoms with Crippen molar-refractivity contribution in [2.24, 2.45) is 11.8 Å². The smallest absolute Gasteiger partial charge is 0.280 e. The van der Waals surface area contributed by atoms with Gasteiger partial charge in [-0.2, -0.15) is 0 Å². The average molecular weight is 198 g/mol. The number of piperidine rings is 1. The summed E-state index contributed by atoms with van der Waals surface area (Å²) in [6, 6.07) is 0.203. The molecule has 1 unspecified atom stereocenters. The van der Waals surface area contributed by atoms with Crippen LogP contribution in [0.3, 0.4) is 0 Å². The zero-order chi connectivity index (χ0) is 10.3. The van der Waals surface area contributed by atoms with Gasteiger partial charge in [-0.25, -0.2) is 4.39 Å². The molecule has 1 saturated heterocycles. The van der Waals surface area contributed by atoms with E-state index in [1.54, 1.807) is 13.8 Å². The first-order chi connectivity index (χ1) is 6.61. The fourth-order valence-electron chi connectivity index (χ4n) is 2.07. The van der Waals surface area contributed by atoms with Gasteiger partial charge in [-0.05, 0) is 31.3 Å². The molecule has 14 heavy (non-hydrogen) atoms. The van der Waals surface area contributed by atoms with E-state index >= 15 is 0 Å². The van der Waals surface area contributed by atoms with Crippen LogP contribution >= 0.6 is 0 Å². The van der Waals surface area contributed by atoms with Crippen molar-refractivity contribution in [1.29, 1.82) is 0 Å².